The summed E-state index contributed by atoms with van der Waals surface area (Å²) in [6.45, 7) is 2.48. The molecule has 2 aromatic rings. The Bertz CT molecular complexity index is 713. The normalized spacial score (nSPS) is 11.8. The Hall–Kier alpha value is -2.17. The summed E-state index contributed by atoms with van der Waals surface area (Å²) in [6, 6.07) is 13.3. The minimum Gasteiger partial charge on any atom is -0.396 e. The lowest BCUT2D eigenvalue weighted by molar-refractivity contribution is 0.0935. The number of amides is 1. The second kappa shape index (κ2) is 8.62. The zero-order valence-corrected chi connectivity index (χ0v) is 14.2. The van der Waals surface area contributed by atoms with Gasteiger partial charge in [-0.15, -0.1) is 0 Å². The molecule has 0 aliphatic carbocycles. The average molecular weight is 346 g/mol. The molecular weight excluding hydrogens is 326 g/mol. The molecule has 2 aromatic carbocycles. The van der Waals surface area contributed by atoms with E-state index in [2.05, 4.69) is 5.32 Å². The lowest BCUT2D eigenvalue weighted by atomic mass is 9.97. The highest BCUT2D eigenvalue weighted by atomic mass is 35.5. The van der Waals surface area contributed by atoms with Crippen LogP contribution >= 0.6 is 11.6 Å². The van der Waals surface area contributed by atoms with Gasteiger partial charge >= 0.3 is 0 Å². The van der Waals surface area contributed by atoms with Crippen LogP contribution in [0.1, 0.15) is 39.6 Å². The minimum absolute atomic E-state index is 0.0860. The number of carbonyl (C=O) groups is 2. The average Bonchev–Trinajstić information content (AvgIpc) is 2.60. The summed E-state index contributed by atoms with van der Waals surface area (Å²) in [6.07, 6.45) is 0.617. The molecule has 2 rings (SSSR count). The molecule has 0 fully saturated rings. The molecule has 1 atom stereocenters. The highest BCUT2D eigenvalue weighted by Gasteiger charge is 2.18. The summed E-state index contributed by atoms with van der Waals surface area (Å²) in [7, 11) is 0. The molecule has 126 valence electrons. The van der Waals surface area contributed by atoms with Crippen molar-refractivity contribution in [1.82, 2.24) is 5.32 Å². The molecule has 0 aliphatic rings. The van der Waals surface area contributed by atoms with Gasteiger partial charge in [-0.05, 0) is 42.7 Å². The molecule has 24 heavy (non-hydrogen) atoms. The maximum atomic E-state index is 12.7. The van der Waals surface area contributed by atoms with Gasteiger partial charge in [-0.3, -0.25) is 9.59 Å². The fourth-order valence-electron chi connectivity index (χ4n) is 2.32. The molecule has 0 bridgehead atoms. The Labute approximate surface area is 146 Å². The Balaban J connectivity index is 2.19. The SMILES string of the molecule is CC(CCO)CNC(=O)c1ccccc1C(=O)c1ccc(Cl)cc1. The van der Waals surface area contributed by atoms with E-state index < -0.39 is 0 Å². The van der Waals surface area contributed by atoms with Crippen LogP contribution in [0, 0.1) is 5.92 Å². The maximum Gasteiger partial charge on any atom is 0.252 e. The number of aliphatic hydroxyl groups excluding tert-OH is 1. The molecule has 0 aromatic heterocycles. The van der Waals surface area contributed by atoms with Crippen LogP contribution < -0.4 is 5.32 Å². The topological polar surface area (TPSA) is 66.4 Å². The predicted octanol–water partition coefficient (Wildman–Crippen LogP) is 3.32. The Morgan fingerprint density at radius 3 is 2.33 bits per heavy atom. The molecule has 0 saturated carbocycles. The first-order valence-electron chi connectivity index (χ1n) is 7.81. The Morgan fingerprint density at radius 1 is 1.08 bits per heavy atom. The lowest BCUT2D eigenvalue weighted by Gasteiger charge is -2.13. The van der Waals surface area contributed by atoms with Crippen LogP contribution in [0.4, 0.5) is 0 Å². The molecular formula is C19H20ClNO3. The molecule has 0 aliphatic heterocycles. The van der Waals surface area contributed by atoms with Crippen LogP contribution in [-0.4, -0.2) is 29.9 Å². The third-order valence-corrected chi connectivity index (χ3v) is 4.01. The van der Waals surface area contributed by atoms with E-state index in [1.54, 1.807) is 48.5 Å². The van der Waals surface area contributed by atoms with Gasteiger partial charge in [-0.1, -0.05) is 36.7 Å². The van der Waals surface area contributed by atoms with E-state index in [1.807, 2.05) is 6.92 Å². The number of carbonyl (C=O) groups excluding carboxylic acids is 2. The second-order valence-electron chi connectivity index (χ2n) is 5.71. The van der Waals surface area contributed by atoms with Crippen LogP contribution in [0.25, 0.3) is 0 Å². The van der Waals surface area contributed by atoms with E-state index in [4.69, 9.17) is 16.7 Å². The number of rotatable bonds is 7. The van der Waals surface area contributed by atoms with Crippen LogP contribution in [0.5, 0.6) is 0 Å². The summed E-state index contributed by atoms with van der Waals surface area (Å²) in [5.74, 6) is -0.350. The number of ketones is 1. The van der Waals surface area contributed by atoms with Gasteiger partial charge < -0.3 is 10.4 Å². The first-order chi connectivity index (χ1) is 11.5. The number of nitrogens with one attached hydrogen (secondary N) is 1. The zero-order valence-electron chi connectivity index (χ0n) is 13.5. The number of benzene rings is 2. The number of hydrogen-bond donors (Lipinski definition) is 2. The summed E-state index contributed by atoms with van der Waals surface area (Å²) >= 11 is 5.85. The van der Waals surface area contributed by atoms with Gasteiger partial charge in [-0.2, -0.15) is 0 Å². The van der Waals surface area contributed by atoms with Gasteiger partial charge in [-0.25, -0.2) is 0 Å². The van der Waals surface area contributed by atoms with Crippen LogP contribution in [0.15, 0.2) is 48.5 Å². The number of aliphatic hydroxyl groups is 1. The van der Waals surface area contributed by atoms with Crippen molar-refractivity contribution in [1.29, 1.82) is 0 Å². The summed E-state index contributed by atoms with van der Waals surface area (Å²) in [5.41, 5.74) is 1.18. The summed E-state index contributed by atoms with van der Waals surface area (Å²) < 4.78 is 0. The fraction of sp³-hybridized carbons (Fsp3) is 0.263. The van der Waals surface area contributed by atoms with Gasteiger partial charge in [0.2, 0.25) is 0 Å². The quantitative estimate of drug-likeness (QED) is 0.756. The Morgan fingerprint density at radius 2 is 1.71 bits per heavy atom. The zero-order chi connectivity index (χ0) is 17.5. The van der Waals surface area contributed by atoms with Crippen molar-refractivity contribution in [2.24, 2.45) is 5.92 Å². The fourth-order valence-corrected chi connectivity index (χ4v) is 2.45. The minimum atomic E-state index is -0.294. The van der Waals surface area contributed by atoms with Crippen LogP contribution in [0.2, 0.25) is 5.02 Å². The van der Waals surface area contributed by atoms with Crippen molar-refractivity contribution in [3.8, 4) is 0 Å². The van der Waals surface area contributed by atoms with Crippen molar-refractivity contribution >= 4 is 23.3 Å². The molecule has 0 heterocycles. The van der Waals surface area contributed by atoms with Gasteiger partial charge in [0.15, 0.2) is 5.78 Å². The van der Waals surface area contributed by atoms with E-state index >= 15 is 0 Å². The third-order valence-electron chi connectivity index (χ3n) is 3.76. The molecule has 0 spiro atoms. The first kappa shape index (κ1) is 18.2. The van der Waals surface area contributed by atoms with Crippen molar-refractivity contribution in [2.75, 3.05) is 13.2 Å². The molecule has 2 N–H and O–H groups in total. The molecule has 0 saturated heterocycles. The molecule has 5 heteroatoms. The van der Waals surface area contributed by atoms with E-state index in [-0.39, 0.29) is 24.2 Å². The van der Waals surface area contributed by atoms with Crippen LogP contribution in [0.3, 0.4) is 0 Å². The largest absolute Gasteiger partial charge is 0.396 e. The molecule has 0 radical (unpaired) electrons. The van der Waals surface area contributed by atoms with Gasteiger partial charge in [0.25, 0.3) is 5.91 Å². The van der Waals surface area contributed by atoms with E-state index in [1.165, 1.54) is 0 Å². The number of hydrogen-bond acceptors (Lipinski definition) is 3. The van der Waals surface area contributed by atoms with Crippen molar-refractivity contribution in [3.05, 3.63) is 70.2 Å². The molecule has 1 amide bonds. The standard InChI is InChI=1S/C19H20ClNO3/c1-13(10-11-22)12-21-19(24)17-5-3-2-4-16(17)18(23)14-6-8-15(20)9-7-14/h2-9,13,22H,10-12H2,1H3,(H,21,24). The number of halogens is 1. The highest BCUT2D eigenvalue weighted by Crippen LogP contribution is 2.17. The second-order valence-corrected chi connectivity index (χ2v) is 6.15. The van der Waals surface area contributed by atoms with Crippen molar-refractivity contribution < 1.29 is 14.7 Å². The first-order valence-corrected chi connectivity index (χ1v) is 8.19. The smallest absolute Gasteiger partial charge is 0.252 e. The predicted molar refractivity (Wildman–Crippen MR) is 94.5 cm³/mol. The van der Waals surface area contributed by atoms with E-state index in [0.29, 0.717) is 34.7 Å². The lowest BCUT2D eigenvalue weighted by Crippen LogP contribution is -2.30. The Kier molecular flexibility index (Phi) is 6.53. The van der Waals surface area contributed by atoms with Crippen molar-refractivity contribution in [2.45, 2.75) is 13.3 Å². The summed E-state index contributed by atoms with van der Waals surface area (Å²) in [5, 5.41) is 12.3. The molecule has 4 nitrogen and oxygen atoms in total. The molecule has 1 unspecified atom stereocenters. The van der Waals surface area contributed by atoms with Gasteiger partial charge in [0.1, 0.15) is 0 Å². The van der Waals surface area contributed by atoms with Crippen molar-refractivity contribution in [3.63, 3.8) is 0 Å². The monoisotopic (exact) mass is 345 g/mol. The van der Waals surface area contributed by atoms with E-state index in [0.717, 1.165) is 0 Å². The maximum absolute atomic E-state index is 12.7. The van der Waals surface area contributed by atoms with Crippen LogP contribution in [-0.2, 0) is 0 Å². The highest BCUT2D eigenvalue weighted by molar-refractivity contribution is 6.30. The summed E-state index contributed by atoms with van der Waals surface area (Å²) in [4.78, 5) is 25.1. The van der Waals surface area contributed by atoms with E-state index in [9.17, 15) is 9.59 Å². The van der Waals surface area contributed by atoms with Gasteiger partial charge in [0.05, 0.1) is 5.56 Å². The van der Waals surface area contributed by atoms with Gasteiger partial charge in [0, 0.05) is 29.3 Å². The third kappa shape index (κ3) is 4.66.